The maximum Gasteiger partial charge on any atom is 0.214 e. The average Bonchev–Trinajstić information content (AvgIpc) is 2.66. The summed E-state index contributed by atoms with van der Waals surface area (Å²) in [7, 11) is -3.15. The Bertz CT molecular complexity index is 981. The first-order chi connectivity index (χ1) is 13.7. The molecule has 1 fully saturated rings. The van der Waals surface area contributed by atoms with Gasteiger partial charge in [0.15, 0.2) is 0 Å². The van der Waals surface area contributed by atoms with Crippen LogP contribution in [0.4, 0.5) is 5.82 Å². The molecule has 2 aromatic rings. The number of aromatic nitrogens is 2. The minimum absolute atomic E-state index is 0.219. The van der Waals surface area contributed by atoms with E-state index in [9.17, 15) is 8.42 Å². The number of benzene rings is 1. The van der Waals surface area contributed by atoms with Crippen LogP contribution in [0.25, 0.3) is 0 Å². The van der Waals surface area contributed by atoms with Gasteiger partial charge in [0.2, 0.25) is 10.0 Å². The van der Waals surface area contributed by atoms with Gasteiger partial charge in [0, 0.05) is 43.9 Å². The lowest BCUT2D eigenvalue weighted by Crippen LogP contribution is -2.49. The summed E-state index contributed by atoms with van der Waals surface area (Å²) < 4.78 is 26.4. The van der Waals surface area contributed by atoms with Gasteiger partial charge in [-0.15, -0.1) is 0 Å². The van der Waals surface area contributed by atoms with Gasteiger partial charge in [-0.25, -0.2) is 18.4 Å². The van der Waals surface area contributed by atoms with Gasteiger partial charge in [-0.05, 0) is 45.2 Å². The lowest BCUT2D eigenvalue weighted by atomic mass is 9.97. The number of aryl methyl sites for hydroxylation is 4. The van der Waals surface area contributed by atoms with Crippen molar-refractivity contribution in [1.29, 1.82) is 0 Å². The van der Waals surface area contributed by atoms with Crippen LogP contribution < -0.4 is 4.90 Å². The van der Waals surface area contributed by atoms with Crippen LogP contribution in [0.3, 0.4) is 0 Å². The maximum atomic E-state index is 12.4. The van der Waals surface area contributed by atoms with Gasteiger partial charge in [0.25, 0.3) is 0 Å². The van der Waals surface area contributed by atoms with Crippen LogP contribution >= 0.6 is 0 Å². The van der Waals surface area contributed by atoms with Crippen LogP contribution in [-0.2, 0) is 16.4 Å². The highest BCUT2D eigenvalue weighted by Gasteiger charge is 2.28. The van der Waals surface area contributed by atoms with E-state index in [2.05, 4.69) is 41.9 Å². The lowest BCUT2D eigenvalue weighted by Gasteiger charge is -2.36. The molecule has 0 spiro atoms. The molecule has 0 bridgehead atoms. The van der Waals surface area contributed by atoms with Crippen LogP contribution in [0.1, 0.15) is 47.1 Å². The SMILES string of the molecule is CCCS(=O)(=O)N1CCN(c2nc(C)nc(C)c2Cc2cc(C)ccc2C)CC1. The van der Waals surface area contributed by atoms with E-state index >= 15 is 0 Å². The Morgan fingerprint density at radius 2 is 1.69 bits per heavy atom. The van der Waals surface area contributed by atoms with Gasteiger partial charge < -0.3 is 4.90 Å². The summed E-state index contributed by atoms with van der Waals surface area (Å²) in [4.78, 5) is 11.6. The van der Waals surface area contributed by atoms with Crippen molar-refractivity contribution in [2.45, 2.75) is 47.5 Å². The van der Waals surface area contributed by atoms with Crippen LogP contribution in [0.15, 0.2) is 18.2 Å². The zero-order valence-corrected chi connectivity index (χ0v) is 19.0. The Morgan fingerprint density at radius 3 is 2.34 bits per heavy atom. The minimum atomic E-state index is -3.15. The standard InChI is InChI=1S/C22H32N4O2S/c1-6-13-29(27,28)26-11-9-25(10-12-26)22-21(18(4)23-19(5)24-22)15-20-14-16(2)7-8-17(20)3/h7-8,14H,6,9-13,15H2,1-5H3. The molecule has 0 saturated carbocycles. The predicted octanol–water partition coefficient (Wildman–Crippen LogP) is 3.16. The molecule has 7 heteroatoms. The first-order valence-electron chi connectivity index (χ1n) is 10.3. The van der Waals surface area contributed by atoms with Crippen molar-refractivity contribution in [1.82, 2.24) is 14.3 Å². The third-order valence-corrected chi connectivity index (χ3v) is 7.65. The third-order valence-electron chi connectivity index (χ3n) is 5.57. The highest BCUT2D eigenvalue weighted by Crippen LogP contribution is 2.27. The monoisotopic (exact) mass is 416 g/mol. The smallest absolute Gasteiger partial charge is 0.214 e. The molecule has 2 heterocycles. The zero-order valence-electron chi connectivity index (χ0n) is 18.2. The second-order valence-corrected chi connectivity index (χ2v) is 10.1. The molecule has 0 radical (unpaired) electrons. The molecular weight excluding hydrogens is 384 g/mol. The van der Waals surface area contributed by atoms with E-state index < -0.39 is 10.0 Å². The summed E-state index contributed by atoms with van der Waals surface area (Å²) in [6.45, 7) is 12.4. The van der Waals surface area contributed by atoms with Crippen molar-refractivity contribution in [3.8, 4) is 0 Å². The van der Waals surface area contributed by atoms with Crippen LogP contribution in [0.2, 0.25) is 0 Å². The number of sulfonamides is 1. The Labute approximate surface area is 175 Å². The van der Waals surface area contributed by atoms with Gasteiger partial charge in [0.1, 0.15) is 11.6 Å². The van der Waals surface area contributed by atoms with Crippen LogP contribution in [-0.4, -0.2) is 54.6 Å². The minimum Gasteiger partial charge on any atom is -0.354 e. The molecule has 1 saturated heterocycles. The molecule has 0 unspecified atom stereocenters. The lowest BCUT2D eigenvalue weighted by molar-refractivity contribution is 0.383. The summed E-state index contributed by atoms with van der Waals surface area (Å²) in [5.74, 6) is 1.92. The Balaban J connectivity index is 1.88. The average molecular weight is 417 g/mol. The molecule has 6 nitrogen and oxygen atoms in total. The van der Waals surface area contributed by atoms with Crippen molar-refractivity contribution in [3.63, 3.8) is 0 Å². The fourth-order valence-corrected chi connectivity index (χ4v) is 5.43. The van der Waals surface area contributed by atoms with Gasteiger partial charge in [-0.2, -0.15) is 4.31 Å². The topological polar surface area (TPSA) is 66.4 Å². The number of rotatable bonds is 6. The van der Waals surface area contributed by atoms with Crippen molar-refractivity contribution >= 4 is 15.8 Å². The molecular formula is C22H32N4O2S. The van der Waals surface area contributed by atoms with E-state index in [0.29, 0.717) is 32.6 Å². The quantitative estimate of drug-likeness (QED) is 0.724. The summed E-state index contributed by atoms with van der Waals surface area (Å²) in [6.07, 6.45) is 1.43. The molecule has 158 valence electrons. The van der Waals surface area contributed by atoms with Gasteiger partial charge in [0.05, 0.1) is 5.75 Å². The summed E-state index contributed by atoms with van der Waals surface area (Å²) in [6, 6.07) is 6.52. The van der Waals surface area contributed by atoms with Gasteiger partial charge >= 0.3 is 0 Å². The van der Waals surface area contributed by atoms with E-state index in [-0.39, 0.29) is 5.75 Å². The van der Waals surface area contributed by atoms with E-state index in [1.807, 2.05) is 20.8 Å². The molecule has 1 aromatic carbocycles. The predicted molar refractivity (Wildman–Crippen MR) is 118 cm³/mol. The van der Waals surface area contributed by atoms with E-state index in [1.54, 1.807) is 4.31 Å². The van der Waals surface area contributed by atoms with Crippen molar-refractivity contribution < 1.29 is 8.42 Å². The molecule has 1 aliphatic rings. The van der Waals surface area contributed by atoms with Gasteiger partial charge in [-0.1, -0.05) is 30.7 Å². The van der Waals surface area contributed by atoms with Crippen molar-refractivity contribution in [2.75, 3.05) is 36.8 Å². The highest BCUT2D eigenvalue weighted by molar-refractivity contribution is 7.89. The Morgan fingerprint density at radius 1 is 1.00 bits per heavy atom. The molecule has 1 aliphatic heterocycles. The molecule has 0 atom stereocenters. The number of piperazine rings is 1. The van der Waals surface area contributed by atoms with E-state index in [4.69, 9.17) is 4.98 Å². The molecule has 0 amide bonds. The normalized spacial score (nSPS) is 15.7. The summed E-state index contributed by atoms with van der Waals surface area (Å²) >= 11 is 0. The first kappa shape index (κ1) is 21.7. The summed E-state index contributed by atoms with van der Waals surface area (Å²) in [5, 5.41) is 0. The van der Waals surface area contributed by atoms with Crippen molar-refractivity contribution in [3.05, 3.63) is 52.0 Å². The second kappa shape index (κ2) is 8.79. The molecule has 29 heavy (non-hydrogen) atoms. The summed E-state index contributed by atoms with van der Waals surface area (Å²) in [5.41, 5.74) is 5.92. The van der Waals surface area contributed by atoms with E-state index in [0.717, 1.165) is 29.3 Å². The number of anilines is 1. The molecule has 0 aliphatic carbocycles. The first-order valence-corrected chi connectivity index (χ1v) is 11.9. The largest absolute Gasteiger partial charge is 0.354 e. The maximum absolute atomic E-state index is 12.4. The van der Waals surface area contributed by atoms with E-state index in [1.165, 1.54) is 16.7 Å². The molecule has 1 aromatic heterocycles. The number of hydrogen-bond donors (Lipinski definition) is 0. The molecule has 0 N–H and O–H groups in total. The second-order valence-electron chi connectivity index (χ2n) is 7.97. The fraction of sp³-hybridized carbons (Fsp3) is 0.545. The van der Waals surface area contributed by atoms with Crippen LogP contribution in [0, 0.1) is 27.7 Å². The third kappa shape index (κ3) is 4.95. The highest BCUT2D eigenvalue weighted by atomic mass is 32.2. The number of nitrogens with zero attached hydrogens (tertiary/aromatic N) is 4. The Kier molecular flexibility index (Phi) is 6.58. The Hall–Kier alpha value is -1.99. The zero-order chi connectivity index (χ0) is 21.2. The molecule has 3 rings (SSSR count). The van der Waals surface area contributed by atoms with Crippen molar-refractivity contribution in [2.24, 2.45) is 0 Å². The van der Waals surface area contributed by atoms with Gasteiger partial charge in [-0.3, -0.25) is 0 Å². The fourth-order valence-electron chi connectivity index (χ4n) is 3.93. The van der Waals surface area contributed by atoms with Crippen LogP contribution in [0.5, 0.6) is 0 Å². The number of hydrogen-bond acceptors (Lipinski definition) is 5.